The zero-order chi connectivity index (χ0) is 15.5. The third kappa shape index (κ3) is 3.11. The molecule has 2 aromatic rings. The lowest BCUT2D eigenvalue weighted by atomic mass is 9.75. The van der Waals surface area contributed by atoms with E-state index in [1.807, 2.05) is 19.1 Å². The molecule has 0 aromatic heterocycles. The van der Waals surface area contributed by atoms with Crippen molar-refractivity contribution in [3.63, 3.8) is 0 Å². The molecule has 110 valence electrons. The van der Waals surface area contributed by atoms with Gasteiger partial charge in [-0.05, 0) is 36.6 Å². The number of hydrogen-bond donors (Lipinski definition) is 2. The summed E-state index contributed by atoms with van der Waals surface area (Å²) in [5, 5.41) is 9.71. The van der Waals surface area contributed by atoms with Crippen molar-refractivity contribution in [1.82, 2.24) is 0 Å². The molecule has 0 aliphatic carbocycles. The van der Waals surface area contributed by atoms with E-state index < -0.39 is 11.4 Å². The fourth-order valence-corrected chi connectivity index (χ4v) is 2.40. The van der Waals surface area contributed by atoms with E-state index in [9.17, 15) is 14.3 Å². The lowest BCUT2D eigenvalue weighted by Gasteiger charge is -2.29. The first-order valence-corrected chi connectivity index (χ1v) is 6.73. The predicted octanol–water partition coefficient (Wildman–Crippen LogP) is 2.66. The fourth-order valence-electron chi connectivity index (χ4n) is 2.40. The van der Waals surface area contributed by atoms with Crippen LogP contribution in [0.15, 0.2) is 48.5 Å². The highest BCUT2D eigenvalue weighted by molar-refractivity contribution is 5.82. The molecule has 0 heterocycles. The van der Waals surface area contributed by atoms with Crippen LogP contribution >= 0.6 is 0 Å². The van der Waals surface area contributed by atoms with Crippen LogP contribution in [0.1, 0.15) is 16.7 Å². The van der Waals surface area contributed by atoms with Gasteiger partial charge in [0.15, 0.2) is 0 Å². The Labute approximate surface area is 123 Å². The maximum absolute atomic E-state index is 13.0. The number of hydrogen-bond acceptors (Lipinski definition) is 2. The van der Waals surface area contributed by atoms with Gasteiger partial charge in [0.2, 0.25) is 0 Å². The second-order valence-electron chi connectivity index (χ2n) is 5.26. The maximum Gasteiger partial charge on any atom is 0.315 e. The van der Waals surface area contributed by atoms with Crippen LogP contribution < -0.4 is 5.73 Å². The molecule has 0 spiro atoms. The summed E-state index contributed by atoms with van der Waals surface area (Å²) in [6.07, 6.45) is 0.224. The monoisotopic (exact) mass is 287 g/mol. The van der Waals surface area contributed by atoms with Crippen molar-refractivity contribution in [3.8, 4) is 0 Å². The van der Waals surface area contributed by atoms with Crippen LogP contribution in [-0.2, 0) is 16.6 Å². The molecule has 3 nitrogen and oxygen atoms in total. The number of carboxylic acids is 1. The Morgan fingerprint density at radius 1 is 1.14 bits per heavy atom. The third-order valence-corrected chi connectivity index (χ3v) is 3.78. The number of aliphatic carboxylic acids is 1. The Balaban J connectivity index is 2.44. The molecule has 0 aliphatic rings. The molecule has 21 heavy (non-hydrogen) atoms. The lowest BCUT2D eigenvalue weighted by Crippen LogP contribution is -2.45. The second-order valence-corrected chi connectivity index (χ2v) is 5.26. The van der Waals surface area contributed by atoms with E-state index in [1.165, 1.54) is 12.1 Å². The van der Waals surface area contributed by atoms with Crippen LogP contribution in [0, 0.1) is 12.7 Å². The van der Waals surface area contributed by atoms with E-state index >= 15 is 0 Å². The van der Waals surface area contributed by atoms with Crippen molar-refractivity contribution < 1.29 is 14.3 Å². The minimum Gasteiger partial charge on any atom is -0.481 e. The SMILES string of the molecule is Cc1ccc(C(CN)(Cc2ccc(F)cc2)C(=O)O)cc1. The molecular formula is C17H18FNO2. The number of halogens is 1. The molecular weight excluding hydrogens is 269 g/mol. The molecule has 0 aliphatic heterocycles. The number of aryl methyl sites for hydroxylation is 1. The molecule has 0 saturated carbocycles. The van der Waals surface area contributed by atoms with Gasteiger partial charge in [-0.15, -0.1) is 0 Å². The molecule has 0 bridgehead atoms. The van der Waals surface area contributed by atoms with Crippen LogP contribution in [0.4, 0.5) is 4.39 Å². The standard InChI is InChI=1S/C17H18FNO2/c1-12-2-6-14(7-3-12)17(11-19,16(20)21)10-13-4-8-15(18)9-5-13/h2-9H,10-11,19H2,1H3,(H,20,21). The molecule has 2 aromatic carbocycles. The van der Waals surface area contributed by atoms with Crippen LogP contribution in [0.2, 0.25) is 0 Å². The van der Waals surface area contributed by atoms with Crippen LogP contribution in [0.25, 0.3) is 0 Å². The summed E-state index contributed by atoms with van der Waals surface area (Å²) >= 11 is 0. The van der Waals surface area contributed by atoms with Crippen molar-refractivity contribution in [2.75, 3.05) is 6.54 Å². The van der Waals surface area contributed by atoms with E-state index in [4.69, 9.17) is 5.73 Å². The molecule has 0 amide bonds. The normalized spacial score (nSPS) is 13.7. The van der Waals surface area contributed by atoms with Crippen molar-refractivity contribution in [1.29, 1.82) is 0 Å². The highest BCUT2D eigenvalue weighted by Gasteiger charge is 2.39. The molecule has 0 fully saturated rings. The van der Waals surface area contributed by atoms with Crippen LogP contribution in [-0.4, -0.2) is 17.6 Å². The van der Waals surface area contributed by atoms with Gasteiger partial charge in [-0.1, -0.05) is 42.0 Å². The first kappa shape index (κ1) is 15.2. The molecule has 1 unspecified atom stereocenters. The Morgan fingerprint density at radius 2 is 1.71 bits per heavy atom. The Kier molecular flexibility index (Phi) is 4.38. The van der Waals surface area contributed by atoms with Gasteiger partial charge in [-0.2, -0.15) is 0 Å². The van der Waals surface area contributed by atoms with Crippen molar-refractivity contribution in [3.05, 3.63) is 71.0 Å². The number of nitrogens with two attached hydrogens (primary N) is 1. The van der Waals surface area contributed by atoms with Crippen molar-refractivity contribution in [2.45, 2.75) is 18.8 Å². The summed E-state index contributed by atoms with van der Waals surface area (Å²) in [5.41, 5.74) is 7.05. The molecule has 2 rings (SSSR count). The van der Waals surface area contributed by atoms with Crippen molar-refractivity contribution >= 4 is 5.97 Å². The van der Waals surface area contributed by atoms with Gasteiger partial charge < -0.3 is 10.8 Å². The summed E-state index contributed by atoms with van der Waals surface area (Å²) in [5.74, 6) is -1.32. The van der Waals surface area contributed by atoms with Gasteiger partial charge >= 0.3 is 5.97 Å². The average Bonchev–Trinajstić information content (AvgIpc) is 2.47. The van der Waals surface area contributed by atoms with Gasteiger partial charge in [0.25, 0.3) is 0 Å². The quantitative estimate of drug-likeness (QED) is 0.888. The van der Waals surface area contributed by atoms with E-state index in [-0.39, 0.29) is 18.8 Å². The molecule has 4 heteroatoms. The number of benzene rings is 2. The lowest BCUT2D eigenvalue weighted by molar-refractivity contribution is -0.143. The largest absolute Gasteiger partial charge is 0.481 e. The van der Waals surface area contributed by atoms with Crippen molar-refractivity contribution in [2.24, 2.45) is 5.73 Å². The summed E-state index contributed by atoms with van der Waals surface area (Å²) in [7, 11) is 0. The zero-order valence-electron chi connectivity index (χ0n) is 11.8. The Bertz CT molecular complexity index is 622. The first-order chi connectivity index (χ1) is 9.98. The van der Waals surface area contributed by atoms with E-state index in [0.717, 1.165) is 11.1 Å². The second kappa shape index (κ2) is 6.06. The predicted molar refractivity (Wildman–Crippen MR) is 79.7 cm³/mol. The maximum atomic E-state index is 13.0. The summed E-state index contributed by atoms with van der Waals surface area (Å²) in [4.78, 5) is 11.9. The number of carboxylic acid groups (broad SMARTS) is 1. The summed E-state index contributed by atoms with van der Waals surface area (Å²) < 4.78 is 13.0. The molecule has 3 N–H and O–H groups in total. The van der Waals surface area contributed by atoms with Crippen LogP contribution in [0.5, 0.6) is 0 Å². The van der Waals surface area contributed by atoms with E-state index in [1.54, 1.807) is 24.3 Å². The summed E-state index contributed by atoms with van der Waals surface area (Å²) in [6, 6.07) is 13.2. The van der Waals surface area contributed by atoms with E-state index in [0.29, 0.717) is 5.56 Å². The molecule has 0 radical (unpaired) electrons. The highest BCUT2D eigenvalue weighted by Crippen LogP contribution is 2.29. The Morgan fingerprint density at radius 3 is 2.19 bits per heavy atom. The van der Waals surface area contributed by atoms with Gasteiger partial charge in [0.05, 0.1) is 0 Å². The van der Waals surface area contributed by atoms with Crippen LogP contribution in [0.3, 0.4) is 0 Å². The number of carbonyl (C=O) groups is 1. The van der Waals surface area contributed by atoms with E-state index in [2.05, 4.69) is 0 Å². The van der Waals surface area contributed by atoms with Gasteiger partial charge in [-0.25, -0.2) is 4.39 Å². The first-order valence-electron chi connectivity index (χ1n) is 6.73. The van der Waals surface area contributed by atoms with Gasteiger partial charge in [-0.3, -0.25) is 4.79 Å². The number of rotatable bonds is 5. The zero-order valence-corrected chi connectivity index (χ0v) is 11.8. The minimum atomic E-state index is -1.20. The highest BCUT2D eigenvalue weighted by atomic mass is 19.1. The fraction of sp³-hybridized carbons (Fsp3) is 0.235. The molecule has 1 atom stereocenters. The van der Waals surface area contributed by atoms with Gasteiger partial charge in [0.1, 0.15) is 11.2 Å². The summed E-state index contributed by atoms with van der Waals surface area (Å²) in [6.45, 7) is 1.91. The smallest absolute Gasteiger partial charge is 0.315 e. The average molecular weight is 287 g/mol. The minimum absolute atomic E-state index is 0.0250. The molecule has 0 saturated heterocycles. The third-order valence-electron chi connectivity index (χ3n) is 3.78. The Hall–Kier alpha value is -2.20. The van der Waals surface area contributed by atoms with Gasteiger partial charge in [0, 0.05) is 6.54 Å². The topological polar surface area (TPSA) is 63.3 Å².